The van der Waals surface area contributed by atoms with Crippen LogP contribution < -0.4 is 0 Å². The molecule has 6 nitrogen and oxygen atoms in total. The lowest BCUT2D eigenvalue weighted by Gasteiger charge is -2.21. The molecule has 20 heavy (non-hydrogen) atoms. The predicted octanol–water partition coefficient (Wildman–Crippen LogP) is 0.769. The van der Waals surface area contributed by atoms with Gasteiger partial charge in [-0.3, -0.25) is 14.3 Å². The van der Waals surface area contributed by atoms with Crippen LogP contribution in [0.25, 0.3) is 0 Å². The summed E-state index contributed by atoms with van der Waals surface area (Å²) in [5.41, 5.74) is 3.88. The smallest absolute Gasteiger partial charge is 0.0887 e. The minimum atomic E-state index is 0.569. The van der Waals surface area contributed by atoms with E-state index in [1.54, 1.807) is 0 Å². The molecule has 4 rings (SSSR count). The Kier molecular flexibility index (Phi) is 2.85. The van der Waals surface area contributed by atoms with E-state index in [0.717, 1.165) is 45.0 Å². The molecule has 1 saturated heterocycles. The van der Waals surface area contributed by atoms with E-state index in [1.807, 2.05) is 34.9 Å². The highest BCUT2D eigenvalue weighted by molar-refractivity contribution is 5.30. The topological polar surface area (TPSA) is 48.1 Å². The second-order valence-electron chi connectivity index (χ2n) is 5.62. The van der Waals surface area contributed by atoms with E-state index in [9.17, 15) is 0 Å². The van der Waals surface area contributed by atoms with E-state index in [-0.39, 0.29) is 0 Å². The predicted molar refractivity (Wildman–Crippen MR) is 73.0 cm³/mol. The summed E-state index contributed by atoms with van der Waals surface area (Å²) in [6, 6.07) is 2.52. The third-order valence-electron chi connectivity index (χ3n) is 4.37. The van der Waals surface area contributed by atoms with Crippen molar-refractivity contribution in [2.45, 2.75) is 32.1 Å². The van der Waals surface area contributed by atoms with Gasteiger partial charge in [0.15, 0.2) is 0 Å². The van der Waals surface area contributed by atoms with E-state index in [1.165, 1.54) is 11.3 Å². The number of hydrogen-bond acceptors (Lipinski definition) is 4. The monoisotopic (exact) mass is 273 g/mol. The van der Waals surface area contributed by atoms with Crippen molar-refractivity contribution in [2.24, 2.45) is 7.05 Å². The van der Waals surface area contributed by atoms with Crippen molar-refractivity contribution in [1.29, 1.82) is 0 Å². The first-order valence-electron chi connectivity index (χ1n) is 7.14. The molecule has 2 aromatic heterocycles. The molecule has 0 saturated carbocycles. The van der Waals surface area contributed by atoms with Crippen LogP contribution in [0.5, 0.6) is 0 Å². The third-order valence-corrected chi connectivity index (χ3v) is 4.37. The quantitative estimate of drug-likeness (QED) is 0.829. The fourth-order valence-electron chi connectivity index (χ4n) is 3.24. The molecular formula is C14H19N5O. The first kappa shape index (κ1) is 12.1. The normalized spacial score (nSPS) is 22.6. The van der Waals surface area contributed by atoms with Gasteiger partial charge < -0.3 is 4.74 Å². The summed E-state index contributed by atoms with van der Waals surface area (Å²) < 4.78 is 9.48. The molecule has 0 bridgehead atoms. The molecule has 0 N–H and O–H groups in total. The minimum absolute atomic E-state index is 0.569. The van der Waals surface area contributed by atoms with Crippen LogP contribution in [-0.4, -0.2) is 43.7 Å². The van der Waals surface area contributed by atoms with Crippen molar-refractivity contribution in [3.63, 3.8) is 0 Å². The van der Waals surface area contributed by atoms with Crippen molar-refractivity contribution in [3.8, 4) is 0 Å². The lowest BCUT2D eigenvalue weighted by molar-refractivity contribution is 0.141. The number of aryl methyl sites for hydroxylation is 1. The van der Waals surface area contributed by atoms with Gasteiger partial charge in [-0.25, -0.2) is 0 Å². The second-order valence-corrected chi connectivity index (χ2v) is 5.62. The number of nitrogens with zero attached hydrogens (tertiary/aromatic N) is 5. The Morgan fingerprint density at radius 2 is 2.35 bits per heavy atom. The average molecular weight is 273 g/mol. The van der Waals surface area contributed by atoms with E-state index in [0.29, 0.717) is 6.04 Å². The average Bonchev–Trinajstić information content (AvgIpc) is 3.18. The highest BCUT2D eigenvalue weighted by Gasteiger charge is 2.32. The summed E-state index contributed by atoms with van der Waals surface area (Å²) in [6.07, 6.45) is 4.94. The standard InChI is InChI=1S/C14H19N5O/c1-17-14-9-18(11-3-6-20-10-11)7-12(14)13(16-17)8-19-5-2-4-15-19/h2,4-5,11H,3,6-10H2,1H3/t11-/m1/s1. The first-order chi connectivity index (χ1) is 9.81. The van der Waals surface area contributed by atoms with Crippen LogP contribution in [0.2, 0.25) is 0 Å². The van der Waals surface area contributed by atoms with Gasteiger partial charge >= 0.3 is 0 Å². The van der Waals surface area contributed by atoms with Gasteiger partial charge in [-0.15, -0.1) is 0 Å². The molecule has 0 radical (unpaired) electrons. The highest BCUT2D eigenvalue weighted by Crippen LogP contribution is 2.29. The fraction of sp³-hybridized carbons (Fsp3) is 0.571. The molecule has 6 heteroatoms. The number of rotatable bonds is 3. The number of ether oxygens (including phenoxy) is 1. The van der Waals surface area contributed by atoms with E-state index in [4.69, 9.17) is 4.74 Å². The summed E-state index contributed by atoms with van der Waals surface area (Å²) >= 11 is 0. The molecule has 0 aliphatic carbocycles. The Balaban J connectivity index is 1.58. The Morgan fingerprint density at radius 1 is 1.40 bits per heavy atom. The largest absolute Gasteiger partial charge is 0.380 e. The van der Waals surface area contributed by atoms with E-state index in [2.05, 4.69) is 15.1 Å². The number of fused-ring (bicyclic) bond motifs is 1. The molecule has 0 spiro atoms. The van der Waals surface area contributed by atoms with Crippen LogP contribution in [0.15, 0.2) is 18.5 Å². The molecule has 4 heterocycles. The maximum atomic E-state index is 5.51. The Hall–Kier alpha value is -1.66. The molecule has 2 aromatic rings. The summed E-state index contributed by atoms with van der Waals surface area (Å²) in [6.45, 7) is 4.51. The van der Waals surface area contributed by atoms with E-state index >= 15 is 0 Å². The lowest BCUT2D eigenvalue weighted by Crippen LogP contribution is -2.31. The Morgan fingerprint density at radius 3 is 3.10 bits per heavy atom. The van der Waals surface area contributed by atoms with Gasteiger partial charge in [0.25, 0.3) is 0 Å². The summed E-state index contributed by atoms with van der Waals surface area (Å²) in [7, 11) is 2.04. The Labute approximate surface area is 117 Å². The van der Waals surface area contributed by atoms with Gasteiger partial charge in [0, 0.05) is 50.7 Å². The highest BCUT2D eigenvalue weighted by atomic mass is 16.5. The van der Waals surface area contributed by atoms with Gasteiger partial charge in [-0.05, 0) is 12.5 Å². The molecule has 1 fully saturated rings. The van der Waals surface area contributed by atoms with Gasteiger partial charge in [0.05, 0.1) is 24.5 Å². The molecule has 0 unspecified atom stereocenters. The van der Waals surface area contributed by atoms with Gasteiger partial charge in [-0.1, -0.05) is 0 Å². The van der Waals surface area contributed by atoms with Crippen molar-refractivity contribution < 1.29 is 4.74 Å². The molecule has 1 atom stereocenters. The molecular weight excluding hydrogens is 254 g/mol. The van der Waals surface area contributed by atoms with Crippen molar-refractivity contribution in [2.75, 3.05) is 13.2 Å². The molecule has 0 amide bonds. The fourth-order valence-corrected chi connectivity index (χ4v) is 3.24. The summed E-state index contributed by atoms with van der Waals surface area (Å²) in [5.74, 6) is 0. The zero-order valence-electron chi connectivity index (χ0n) is 11.7. The van der Waals surface area contributed by atoms with Crippen LogP contribution in [0.4, 0.5) is 0 Å². The summed E-state index contributed by atoms with van der Waals surface area (Å²) in [5, 5.41) is 8.94. The van der Waals surface area contributed by atoms with Gasteiger partial charge in [0.2, 0.25) is 0 Å². The van der Waals surface area contributed by atoms with E-state index < -0.39 is 0 Å². The van der Waals surface area contributed by atoms with Crippen LogP contribution >= 0.6 is 0 Å². The zero-order valence-corrected chi connectivity index (χ0v) is 11.7. The zero-order chi connectivity index (χ0) is 13.5. The molecule has 2 aliphatic rings. The van der Waals surface area contributed by atoms with Crippen LogP contribution in [0, 0.1) is 0 Å². The lowest BCUT2D eigenvalue weighted by atomic mass is 10.2. The van der Waals surface area contributed by atoms with Crippen LogP contribution in [0.3, 0.4) is 0 Å². The maximum absolute atomic E-state index is 5.51. The second kappa shape index (κ2) is 4.71. The van der Waals surface area contributed by atoms with Gasteiger partial charge in [-0.2, -0.15) is 10.2 Å². The number of aromatic nitrogens is 4. The SMILES string of the molecule is Cn1nc(Cn2cccn2)c2c1CN([C@@H]1CCOC1)C2. The first-order valence-corrected chi connectivity index (χ1v) is 7.14. The van der Waals surface area contributed by atoms with Crippen LogP contribution in [-0.2, 0) is 31.4 Å². The van der Waals surface area contributed by atoms with Crippen LogP contribution in [0.1, 0.15) is 23.4 Å². The molecule has 0 aromatic carbocycles. The van der Waals surface area contributed by atoms with Crippen molar-refractivity contribution >= 4 is 0 Å². The van der Waals surface area contributed by atoms with Gasteiger partial charge in [0.1, 0.15) is 0 Å². The Bertz CT molecular complexity index is 597. The molecule has 2 aliphatic heterocycles. The summed E-state index contributed by atoms with van der Waals surface area (Å²) in [4.78, 5) is 2.52. The maximum Gasteiger partial charge on any atom is 0.0887 e. The third kappa shape index (κ3) is 1.96. The van der Waals surface area contributed by atoms with Crippen molar-refractivity contribution in [3.05, 3.63) is 35.4 Å². The number of hydrogen-bond donors (Lipinski definition) is 0. The minimum Gasteiger partial charge on any atom is -0.380 e. The van der Waals surface area contributed by atoms with Crippen molar-refractivity contribution in [1.82, 2.24) is 24.5 Å². The molecule has 106 valence electrons.